The van der Waals surface area contributed by atoms with E-state index in [1.807, 2.05) is 31.2 Å². The molecule has 22 heavy (non-hydrogen) atoms. The van der Waals surface area contributed by atoms with Crippen molar-refractivity contribution in [3.63, 3.8) is 0 Å². The Balaban J connectivity index is 2.00. The van der Waals surface area contributed by atoms with E-state index < -0.39 is 0 Å². The summed E-state index contributed by atoms with van der Waals surface area (Å²) in [5.74, 6) is 0.565. The second-order valence-electron chi connectivity index (χ2n) is 5.12. The number of aromatic nitrogens is 1. The highest BCUT2D eigenvalue weighted by atomic mass is 35.5. The average Bonchev–Trinajstić information content (AvgIpc) is 2.51. The highest BCUT2D eigenvalue weighted by molar-refractivity contribution is 6.31. The highest BCUT2D eigenvalue weighted by Gasteiger charge is 2.05. The van der Waals surface area contributed by atoms with Crippen molar-refractivity contribution in [2.24, 2.45) is 0 Å². The van der Waals surface area contributed by atoms with E-state index in [2.05, 4.69) is 22.5 Å². The molecule has 1 amide bonds. The van der Waals surface area contributed by atoms with Gasteiger partial charge >= 0.3 is 0 Å². The average molecular weight is 318 g/mol. The number of nitrogens with one attached hydrogen (secondary N) is 2. The van der Waals surface area contributed by atoms with Crippen molar-refractivity contribution in [1.29, 1.82) is 0 Å². The summed E-state index contributed by atoms with van der Waals surface area (Å²) in [4.78, 5) is 15.9. The first-order valence-electron chi connectivity index (χ1n) is 7.38. The van der Waals surface area contributed by atoms with Crippen LogP contribution in [-0.4, -0.2) is 10.9 Å². The molecule has 1 aromatic heterocycles. The number of amides is 1. The zero-order valence-electron chi connectivity index (χ0n) is 12.8. The van der Waals surface area contributed by atoms with Gasteiger partial charge in [0.05, 0.1) is 11.9 Å². The van der Waals surface area contributed by atoms with Gasteiger partial charge < -0.3 is 10.6 Å². The van der Waals surface area contributed by atoms with Gasteiger partial charge in [-0.3, -0.25) is 4.79 Å². The van der Waals surface area contributed by atoms with Crippen LogP contribution in [0.1, 0.15) is 31.7 Å². The molecule has 0 unspecified atom stereocenters. The van der Waals surface area contributed by atoms with Crippen LogP contribution in [0.2, 0.25) is 5.02 Å². The fraction of sp³-hybridized carbons (Fsp3) is 0.294. The van der Waals surface area contributed by atoms with Crippen molar-refractivity contribution >= 4 is 34.7 Å². The van der Waals surface area contributed by atoms with Crippen molar-refractivity contribution in [1.82, 2.24) is 4.98 Å². The van der Waals surface area contributed by atoms with Gasteiger partial charge in [0.1, 0.15) is 5.82 Å². The predicted octanol–water partition coefficient (Wildman–Crippen LogP) is 4.92. The molecular formula is C17H20ClN3O. The van der Waals surface area contributed by atoms with Crippen LogP contribution >= 0.6 is 11.6 Å². The maximum Gasteiger partial charge on any atom is 0.225 e. The Bertz CT molecular complexity index is 641. The molecule has 0 bridgehead atoms. The maximum atomic E-state index is 11.6. The van der Waals surface area contributed by atoms with E-state index in [0.717, 1.165) is 34.8 Å². The van der Waals surface area contributed by atoms with Crippen molar-refractivity contribution in [2.45, 2.75) is 33.1 Å². The SMILES string of the molecule is CCCCC(=O)Nc1ccc(Nc2cccc(Cl)c2C)cn1. The van der Waals surface area contributed by atoms with Gasteiger partial charge in [0.2, 0.25) is 5.91 Å². The number of hydrogen-bond donors (Lipinski definition) is 2. The largest absolute Gasteiger partial charge is 0.354 e. The summed E-state index contributed by atoms with van der Waals surface area (Å²) in [6.45, 7) is 4.02. The molecule has 5 heteroatoms. The molecule has 0 aliphatic rings. The van der Waals surface area contributed by atoms with Crippen LogP contribution in [-0.2, 0) is 4.79 Å². The molecule has 0 atom stereocenters. The van der Waals surface area contributed by atoms with Crippen LogP contribution in [0.15, 0.2) is 36.5 Å². The first-order valence-corrected chi connectivity index (χ1v) is 7.76. The molecule has 2 rings (SSSR count). The molecule has 0 aliphatic carbocycles. The molecule has 0 saturated heterocycles. The Morgan fingerprint density at radius 2 is 2.09 bits per heavy atom. The first kappa shape index (κ1) is 16.3. The van der Waals surface area contributed by atoms with Crippen molar-refractivity contribution in [3.8, 4) is 0 Å². The molecule has 4 nitrogen and oxygen atoms in total. The number of carbonyl (C=O) groups is 1. The zero-order chi connectivity index (χ0) is 15.9. The number of nitrogens with zero attached hydrogens (tertiary/aromatic N) is 1. The minimum Gasteiger partial charge on any atom is -0.354 e. The minimum atomic E-state index is 0.000690. The fourth-order valence-corrected chi connectivity index (χ4v) is 2.16. The molecule has 0 aliphatic heterocycles. The predicted molar refractivity (Wildman–Crippen MR) is 91.9 cm³/mol. The lowest BCUT2D eigenvalue weighted by molar-refractivity contribution is -0.116. The Hall–Kier alpha value is -2.07. The second kappa shape index (κ2) is 7.80. The summed E-state index contributed by atoms with van der Waals surface area (Å²) in [5, 5.41) is 6.78. The van der Waals surface area contributed by atoms with E-state index in [1.54, 1.807) is 12.3 Å². The van der Waals surface area contributed by atoms with Crippen LogP contribution in [0, 0.1) is 6.92 Å². The summed E-state index contributed by atoms with van der Waals surface area (Å²) in [5.41, 5.74) is 2.77. The molecule has 1 heterocycles. The maximum absolute atomic E-state index is 11.6. The van der Waals surface area contributed by atoms with E-state index in [-0.39, 0.29) is 5.91 Å². The second-order valence-corrected chi connectivity index (χ2v) is 5.53. The molecule has 116 valence electrons. The normalized spacial score (nSPS) is 10.3. The van der Waals surface area contributed by atoms with E-state index >= 15 is 0 Å². The third kappa shape index (κ3) is 4.46. The van der Waals surface area contributed by atoms with E-state index in [4.69, 9.17) is 11.6 Å². The van der Waals surface area contributed by atoms with Gasteiger partial charge in [0.15, 0.2) is 0 Å². The van der Waals surface area contributed by atoms with Crippen LogP contribution in [0.3, 0.4) is 0 Å². The topological polar surface area (TPSA) is 54.0 Å². The smallest absolute Gasteiger partial charge is 0.225 e. The molecule has 2 aromatic rings. The quantitative estimate of drug-likeness (QED) is 0.795. The molecule has 0 fully saturated rings. The number of unbranched alkanes of at least 4 members (excludes halogenated alkanes) is 1. The van der Waals surface area contributed by atoms with E-state index in [9.17, 15) is 4.79 Å². The molecule has 0 spiro atoms. The van der Waals surface area contributed by atoms with E-state index in [0.29, 0.717) is 12.2 Å². The minimum absolute atomic E-state index is 0.000690. The van der Waals surface area contributed by atoms with Crippen LogP contribution in [0.25, 0.3) is 0 Å². The Labute approximate surface area is 135 Å². The van der Waals surface area contributed by atoms with Gasteiger partial charge in [0.25, 0.3) is 0 Å². The first-order chi connectivity index (χ1) is 10.6. The number of carbonyl (C=O) groups excluding carboxylic acids is 1. The molecule has 0 radical (unpaired) electrons. The lowest BCUT2D eigenvalue weighted by Gasteiger charge is -2.11. The third-order valence-electron chi connectivity index (χ3n) is 3.34. The van der Waals surface area contributed by atoms with Gasteiger partial charge in [-0.15, -0.1) is 0 Å². The number of halogens is 1. The Morgan fingerprint density at radius 3 is 2.77 bits per heavy atom. The molecule has 1 aromatic carbocycles. The fourth-order valence-electron chi connectivity index (χ4n) is 1.98. The third-order valence-corrected chi connectivity index (χ3v) is 3.74. The standard InChI is InChI=1S/C17H20ClN3O/c1-3-4-8-17(22)21-16-10-9-13(11-19-16)20-15-7-5-6-14(18)12(15)2/h5-7,9-11,20H,3-4,8H2,1-2H3,(H,19,21,22). The summed E-state index contributed by atoms with van der Waals surface area (Å²) in [6.07, 6.45) is 4.11. The Morgan fingerprint density at radius 1 is 1.27 bits per heavy atom. The molecular weight excluding hydrogens is 298 g/mol. The Kier molecular flexibility index (Phi) is 5.78. The van der Waals surface area contributed by atoms with Gasteiger partial charge in [-0.05, 0) is 43.2 Å². The number of hydrogen-bond acceptors (Lipinski definition) is 3. The van der Waals surface area contributed by atoms with Crippen LogP contribution in [0.4, 0.5) is 17.2 Å². The van der Waals surface area contributed by atoms with Gasteiger partial charge in [-0.1, -0.05) is 31.0 Å². The summed E-state index contributed by atoms with van der Waals surface area (Å²) in [7, 11) is 0. The van der Waals surface area contributed by atoms with Crippen LogP contribution < -0.4 is 10.6 Å². The summed E-state index contributed by atoms with van der Waals surface area (Å²) in [6, 6.07) is 9.37. The van der Waals surface area contributed by atoms with Gasteiger partial charge in [-0.25, -0.2) is 4.98 Å². The lowest BCUT2D eigenvalue weighted by Crippen LogP contribution is -2.12. The van der Waals surface area contributed by atoms with Gasteiger partial charge in [0, 0.05) is 17.1 Å². The van der Waals surface area contributed by atoms with Gasteiger partial charge in [-0.2, -0.15) is 0 Å². The summed E-state index contributed by atoms with van der Waals surface area (Å²) >= 11 is 6.10. The lowest BCUT2D eigenvalue weighted by atomic mass is 10.2. The van der Waals surface area contributed by atoms with Crippen LogP contribution in [0.5, 0.6) is 0 Å². The van der Waals surface area contributed by atoms with E-state index in [1.165, 1.54) is 0 Å². The monoisotopic (exact) mass is 317 g/mol. The van der Waals surface area contributed by atoms with Crippen molar-refractivity contribution in [3.05, 3.63) is 47.1 Å². The summed E-state index contributed by atoms with van der Waals surface area (Å²) < 4.78 is 0. The number of anilines is 3. The molecule has 0 saturated carbocycles. The van der Waals surface area contributed by atoms with Crippen molar-refractivity contribution in [2.75, 3.05) is 10.6 Å². The zero-order valence-corrected chi connectivity index (χ0v) is 13.6. The number of pyridine rings is 1. The highest BCUT2D eigenvalue weighted by Crippen LogP contribution is 2.26. The number of benzene rings is 1. The number of rotatable bonds is 6. The molecule has 2 N–H and O–H groups in total. The van der Waals surface area contributed by atoms with Crippen molar-refractivity contribution < 1.29 is 4.79 Å².